The Kier molecular flexibility index (Phi) is 3.74. The molecule has 6 nitrogen and oxygen atoms in total. The van der Waals surface area contributed by atoms with Gasteiger partial charge in [0.25, 0.3) is 0 Å². The molecule has 1 spiro atoms. The second kappa shape index (κ2) is 5.71. The number of amides is 2. The van der Waals surface area contributed by atoms with Crippen LogP contribution >= 0.6 is 0 Å². The highest BCUT2D eigenvalue weighted by Gasteiger charge is 2.50. The first-order chi connectivity index (χ1) is 11.9. The number of nitrogens with zero attached hydrogens (tertiary/aromatic N) is 4. The van der Waals surface area contributed by atoms with Gasteiger partial charge in [0.15, 0.2) is 0 Å². The van der Waals surface area contributed by atoms with Gasteiger partial charge in [-0.05, 0) is 25.7 Å². The first-order valence-electron chi connectivity index (χ1n) is 9.14. The average Bonchev–Trinajstić information content (AvgIpc) is 3.27. The number of aromatic nitrogens is 2. The number of hydrogen-bond acceptors (Lipinski definition) is 3. The van der Waals surface area contributed by atoms with Crippen LogP contribution in [-0.4, -0.2) is 46.1 Å². The van der Waals surface area contributed by atoms with Gasteiger partial charge in [0.2, 0.25) is 11.8 Å². The molecule has 1 aromatic heterocycles. The molecule has 2 amide bonds. The predicted octanol–water partition coefficient (Wildman–Crippen LogP) is 2.12. The van der Waals surface area contributed by atoms with E-state index in [1.807, 2.05) is 23.0 Å². The second-order valence-corrected chi connectivity index (χ2v) is 8.28. The molecule has 3 heterocycles. The van der Waals surface area contributed by atoms with Crippen LogP contribution in [0.4, 0.5) is 5.69 Å². The Bertz CT molecular complexity index is 740. The lowest BCUT2D eigenvalue weighted by molar-refractivity contribution is -0.141. The average molecular weight is 342 g/mol. The Morgan fingerprint density at radius 3 is 2.76 bits per heavy atom. The Hall–Kier alpha value is -2.11. The molecule has 2 unspecified atom stereocenters. The summed E-state index contributed by atoms with van der Waals surface area (Å²) in [5.41, 5.74) is 0.494. The normalized spacial score (nSPS) is 32.2. The third-order valence-corrected chi connectivity index (χ3v) is 6.16. The molecule has 25 heavy (non-hydrogen) atoms. The number of anilines is 1. The van der Waals surface area contributed by atoms with Crippen LogP contribution in [0.1, 0.15) is 39.0 Å². The molecule has 6 heteroatoms. The van der Waals surface area contributed by atoms with Gasteiger partial charge in [-0.25, -0.2) is 0 Å². The van der Waals surface area contributed by atoms with Crippen molar-refractivity contribution < 1.29 is 9.59 Å². The maximum Gasteiger partial charge on any atom is 0.228 e. The van der Waals surface area contributed by atoms with Crippen molar-refractivity contribution in [1.29, 1.82) is 0 Å². The van der Waals surface area contributed by atoms with E-state index < -0.39 is 0 Å². The summed E-state index contributed by atoms with van der Waals surface area (Å²) >= 11 is 0. The zero-order chi connectivity index (χ0) is 17.7. The minimum Gasteiger partial charge on any atom is -0.342 e. The molecule has 0 radical (unpaired) electrons. The molecule has 134 valence electrons. The molecule has 0 N–H and O–H groups in total. The monoisotopic (exact) mass is 342 g/mol. The van der Waals surface area contributed by atoms with Crippen molar-refractivity contribution >= 4 is 17.5 Å². The lowest BCUT2D eigenvalue weighted by atomic mass is 9.77. The number of hydrogen-bond donors (Lipinski definition) is 0. The molecule has 2 fully saturated rings. The molecule has 2 aliphatic heterocycles. The third-order valence-electron chi connectivity index (χ3n) is 6.16. The largest absolute Gasteiger partial charge is 0.342 e. The van der Waals surface area contributed by atoms with E-state index in [-0.39, 0.29) is 22.6 Å². The van der Waals surface area contributed by atoms with Crippen molar-refractivity contribution in [1.82, 2.24) is 14.7 Å². The Morgan fingerprint density at radius 1 is 1.24 bits per heavy atom. The van der Waals surface area contributed by atoms with Crippen molar-refractivity contribution in [3.63, 3.8) is 0 Å². The highest BCUT2D eigenvalue weighted by atomic mass is 16.2. The molecular weight excluding hydrogens is 316 g/mol. The summed E-state index contributed by atoms with van der Waals surface area (Å²) in [6.45, 7) is 4.25. The maximum atomic E-state index is 13.1. The van der Waals surface area contributed by atoms with Gasteiger partial charge >= 0.3 is 0 Å². The van der Waals surface area contributed by atoms with Crippen LogP contribution < -0.4 is 4.90 Å². The number of aryl methyl sites for hydroxylation is 1. The van der Waals surface area contributed by atoms with E-state index >= 15 is 0 Å². The molecule has 2 atom stereocenters. The highest BCUT2D eigenvalue weighted by molar-refractivity contribution is 5.96. The number of likely N-dealkylation sites (tertiary alicyclic amines) is 1. The summed E-state index contributed by atoms with van der Waals surface area (Å²) in [5, 5.41) is 4.18. The molecule has 1 aromatic rings. The van der Waals surface area contributed by atoms with Gasteiger partial charge in [-0.2, -0.15) is 5.10 Å². The fraction of sp³-hybridized carbons (Fsp3) is 0.632. The van der Waals surface area contributed by atoms with Crippen molar-refractivity contribution in [3.8, 4) is 0 Å². The van der Waals surface area contributed by atoms with E-state index in [2.05, 4.69) is 24.2 Å². The maximum absolute atomic E-state index is 13.1. The van der Waals surface area contributed by atoms with E-state index in [1.165, 1.54) is 0 Å². The summed E-state index contributed by atoms with van der Waals surface area (Å²) in [6, 6.07) is 0. The minimum atomic E-state index is -0.272. The van der Waals surface area contributed by atoms with Crippen LogP contribution in [0.25, 0.3) is 0 Å². The van der Waals surface area contributed by atoms with Crippen LogP contribution in [0, 0.1) is 10.8 Å². The SMILES string of the molecule is Cn1cc(N2CC3(CCN(C(=O)C4(C)CC=CCC4)C3)CC2=O)cn1. The van der Waals surface area contributed by atoms with Crippen LogP contribution in [0.2, 0.25) is 0 Å². The Labute approximate surface area is 148 Å². The summed E-state index contributed by atoms with van der Waals surface area (Å²) in [4.78, 5) is 29.5. The third kappa shape index (κ3) is 2.77. The van der Waals surface area contributed by atoms with Crippen LogP contribution in [0.3, 0.4) is 0 Å². The van der Waals surface area contributed by atoms with E-state index in [9.17, 15) is 9.59 Å². The van der Waals surface area contributed by atoms with E-state index in [4.69, 9.17) is 0 Å². The van der Waals surface area contributed by atoms with Gasteiger partial charge in [0.1, 0.15) is 0 Å². The van der Waals surface area contributed by atoms with Crippen molar-refractivity contribution in [2.75, 3.05) is 24.5 Å². The van der Waals surface area contributed by atoms with Crippen LogP contribution in [0.15, 0.2) is 24.5 Å². The summed E-state index contributed by atoms with van der Waals surface area (Å²) in [6.07, 6.45) is 12.1. The first kappa shape index (κ1) is 16.4. The zero-order valence-electron chi connectivity index (χ0n) is 15.1. The van der Waals surface area contributed by atoms with E-state index in [1.54, 1.807) is 10.9 Å². The van der Waals surface area contributed by atoms with Crippen LogP contribution in [0.5, 0.6) is 0 Å². The van der Waals surface area contributed by atoms with Gasteiger partial charge in [0, 0.05) is 44.7 Å². The quantitative estimate of drug-likeness (QED) is 0.774. The lowest BCUT2D eigenvalue weighted by Crippen LogP contribution is -2.43. The van der Waals surface area contributed by atoms with Gasteiger partial charge < -0.3 is 9.80 Å². The summed E-state index contributed by atoms with van der Waals surface area (Å²) in [7, 11) is 1.86. The first-order valence-corrected chi connectivity index (χ1v) is 9.14. The molecule has 0 bridgehead atoms. The minimum absolute atomic E-state index is 0.0938. The van der Waals surface area contributed by atoms with Crippen molar-refractivity contribution in [2.24, 2.45) is 17.9 Å². The number of carbonyl (C=O) groups excluding carboxylic acids is 2. The predicted molar refractivity (Wildman–Crippen MR) is 94.9 cm³/mol. The standard InChI is InChI=1S/C19H26N4O2/c1-18(6-4-3-5-7-18)17(25)22-9-8-19(13-22)10-16(24)23(14-19)15-11-20-21(2)12-15/h3-4,11-12H,5-10,13-14H2,1-2H3. The highest BCUT2D eigenvalue weighted by Crippen LogP contribution is 2.44. The Balaban J connectivity index is 1.48. The van der Waals surface area contributed by atoms with Crippen molar-refractivity contribution in [3.05, 3.63) is 24.5 Å². The van der Waals surface area contributed by atoms with Crippen molar-refractivity contribution in [2.45, 2.75) is 39.0 Å². The molecule has 0 saturated carbocycles. The fourth-order valence-corrected chi connectivity index (χ4v) is 4.60. The Morgan fingerprint density at radius 2 is 2.08 bits per heavy atom. The van der Waals surface area contributed by atoms with Gasteiger partial charge in [0.05, 0.1) is 17.3 Å². The topological polar surface area (TPSA) is 58.4 Å². The number of carbonyl (C=O) groups is 2. The number of rotatable bonds is 2. The molecule has 3 aliphatic rings. The molecule has 4 rings (SSSR count). The molecule has 0 aromatic carbocycles. The summed E-state index contributed by atoms with van der Waals surface area (Å²) in [5.74, 6) is 0.412. The zero-order valence-corrected chi connectivity index (χ0v) is 15.1. The molecule has 2 saturated heterocycles. The van der Waals surface area contributed by atoms with Gasteiger partial charge in [-0.1, -0.05) is 19.1 Å². The van der Waals surface area contributed by atoms with E-state index in [0.29, 0.717) is 19.5 Å². The van der Waals surface area contributed by atoms with Crippen LogP contribution in [-0.2, 0) is 16.6 Å². The smallest absolute Gasteiger partial charge is 0.228 e. The van der Waals surface area contributed by atoms with Gasteiger partial charge in [-0.15, -0.1) is 0 Å². The molecular formula is C19H26N4O2. The number of allylic oxidation sites excluding steroid dienone is 2. The second-order valence-electron chi connectivity index (χ2n) is 8.28. The van der Waals surface area contributed by atoms with Gasteiger partial charge in [-0.3, -0.25) is 14.3 Å². The van der Waals surface area contributed by atoms with E-state index in [0.717, 1.165) is 37.9 Å². The lowest BCUT2D eigenvalue weighted by Gasteiger charge is -2.34. The summed E-state index contributed by atoms with van der Waals surface area (Å²) < 4.78 is 1.72. The molecule has 1 aliphatic carbocycles. The fourth-order valence-electron chi connectivity index (χ4n) is 4.60.